The highest BCUT2D eigenvalue weighted by molar-refractivity contribution is 7.91. The lowest BCUT2D eigenvalue weighted by molar-refractivity contribution is -0.121. The summed E-state index contributed by atoms with van der Waals surface area (Å²) in [5.41, 5.74) is 1.73. The molecular weight excluding hydrogens is 329 g/mol. The largest absolute Gasteiger partial charge is 0.350 e. The first kappa shape index (κ1) is 18.1. The van der Waals surface area contributed by atoms with Crippen molar-refractivity contribution in [3.63, 3.8) is 0 Å². The van der Waals surface area contributed by atoms with Crippen LogP contribution in [0.5, 0.6) is 0 Å². The number of carbonyl (C=O) groups is 1. The zero-order valence-corrected chi connectivity index (χ0v) is 14.4. The average molecular weight is 349 g/mol. The fraction of sp³-hybridized carbons (Fsp3) is 0.278. The number of amides is 1. The molecule has 0 bridgehead atoms. The number of nitrogens with one attached hydrogen (secondary N) is 1. The number of benzene rings is 2. The minimum atomic E-state index is -3.49. The van der Waals surface area contributed by atoms with Crippen LogP contribution in [0, 0.1) is 12.7 Å². The predicted molar refractivity (Wildman–Crippen MR) is 90.8 cm³/mol. The first-order chi connectivity index (χ1) is 11.3. The van der Waals surface area contributed by atoms with Crippen LogP contribution < -0.4 is 5.32 Å². The van der Waals surface area contributed by atoms with Crippen LogP contribution in [0.1, 0.15) is 30.5 Å². The summed E-state index contributed by atoms with van der Waals surface area (Å²) in [6.45, 7) is 3.64. The summed E-state index contributed by atoms with van der Waals surface area (Å²) < 4.78 is 37.3. The molecule has 1 atom stereocenters. The van der Waals surface area contributed by atoms with Crippen LogP contribution >= 0.6 is 0 Å². The van der Waals surface area contributed by atoms with Gasteiger partial charge in [-0.3, -0.25) is 4.79 Å². The molecule has 4 nitrogen and oxygen atoms in total. The Morgan fingerprint density at radius 2 is 1.67 bits per heavy atom. The van der Waals surface area contributed by atoms with Crippen molar-refractivity contribution in [1.29, 1.82) is 0 Å². The van der Waals surface area contributed by atoms with Crippen LogP contribution in [-0.2, 0) is 14.6 Å². The summed E-state index contributed by atoms with van der Waals surface area (Å²) >= 11 is 0. The van der Waals surface area contributed by atoms with Gasteiger partial charge in [0.25, 0.3) is 0 Å². The van der Waals surface area contributed by atoms with Crippen molar-refractivity contribution in [3.05, 3.63) is 65.5 Å². The molecule has 0 aliphatic carbocycles. The van der Waals surface area contributed by atoms with Crippen LogP contribution in [-0.4, -0.2) is 20.1 Å². The molecule has 1 N–H and O–H groups in total. The molecule has 1 amide bonds. The van der Waals surface area contributed by atoms with Crippen LogP contribution in [0.3, 0.4) is 0 Å². The van der Waals surface area contributed by atoms with Gasteiger partial charge in [-0.05, 0) is 43.7 Å². The summed E-state index contributed by atoms with van der Waals surface area (Å²) in [6, 6.07) is 12.0. The van der Waals surface area contributed by atoms with E-state index in [4.69, 9.17) is 0 Å². The summed E-state index contributed by atoms with van der Waals surface area (Å²) in [5.74, 6) is -0.957. The average Bonchev–Trinajstić information content (AvgIpc) is 2.54. The molecule has 2 rings (SSSR count). The Morgan fingerprint density at radius 3 is 2.25 bits per heavy atom. The Balaban J connectivity index is 1.92. The zero-order valence-electron chi connectivity index (χ0n) is 13.6. The maximum absolute atomic E-state index is 12.9. The van der Waals surface area contributed by atoms with E-state index < -0.39 is 9.84 Å². The van der Waals surface area contributed by atoms with Crippen molar-refractivity contribution >= 4 is 15.7 Å². The second-order valence-electron chi connectivity index (χ2n) is 5.72. The number of halogens is 1. The molecule has 128 valence electrons. The summed E-state index contributed by atoms with van der Waals surface area (Å²) in [6.07, 6.45) is -0.123. The van der Waals surface area contributed by atoms with Gasteiger partial charge in [-0.1, -0.05) is 29.8 Å². The first-order valence-corrected chi connectivity index (χ1v) is 9.27. The Morgan fingerprint density at radius 1 is 1.08 bits per heavy atom. The summed E-state index contributed by atoms with van der Waals surface area (Å²) in [4.78, 5) is 12.2. The summed E-state index contributed by atoms with van der Waals surface area (Å²) in [5, 5.41) is 2.72. The quantitative estimate of drug-likeness (QED) is 0.871. The van der Waals surface area contributed by atoms with E-state index >= 15 is 0 Å². The maximum Gasteiger partial charge on any atom is 0.221 e. The van der Waals surface area contributed by atoms with E-state index in [0.29, 0.717) is 0 Å². The van der Waals surface area contributed by atoms with Crippen molar-refractivity contribution in [2.45, 2.75) is 31.2 Å². The van der Waals surface area contributed by atoms with E-state index in [0.717, 1.165) is 11.1 Å². The van der Waals surface area contributed by atoms with Crippen LogP contribution in [0.15, 0.2) is 53.4 Å². The molecule has 0 aliphatic rings. The van der Waals surface area contributed by atoms with Gasteiger partial charge in [0.15, 0.2) is 9.84 Å². The van der Waals surface area contributed by atoms with Crippen molar-refractivity contribution in [1.82, 2.24) is 5.32 Å². The van der Waals surface area contributed by atoms with Gasteiger partial charge in [0.2, 0.25) is 5.91 Å². The molecular formula is C18H20FNO3S. The predicted octanol–water partition coefficient (Wildman–Crippen LogP) is 3.18. The number of hydrogen-bond acceptors (Lipinski definition) is 3. The zero-order chi connectivity index (χ0) is 17.7. The van der Waals surface area contributed by atoms with Gasteiger partial charge in [0.1, 0.15) is 5.82 Å². The van der Waals surface area contributed by atoms with Gasteiger partial charge >= 0.3 is 0 Å². The van der Waals surface area contributed by atoms with Gasteiger partial charge in [0, 0.05) is 6.42 Å². The monoisotopic (exact) mass is 349 g/mol. The number of sulfone groups is 1. The summed E-state index contributed by atoms with van der Waals surface area (Å²) in [7, 11) is -3.49. The normalized spacial score (nSPS) is 12.6. The Labute approximate surface area is 141 Å². The third-order valence-corrected chi connectivity index (χ3v) is 5.46. The Hall–Kier alpha value is -2.21. The molecule has 0 saturated carbocycles. The Bertz CT molecular complexity index is 799. The van der Waals surface area contributed by atoms with Crippen LogP contribution in [0.25, 0.3) is 0 Å². The molecule has 2 aromatic rings. The molecule has 0 fully saturated rings. The van der Waals surface area contributed by atoms with Crippen molar-refractivity contribution in [2.24, 2.45) is 0 Å². The highest BCUT2D eigenvalue weighted by atomic mass is 32.2. The molecule has 0 aromatic heterocycles. The molecule has 24 heavy (non-hydrogen) atoms. The lowest BCUT2D eigenvalue weighted by Crippen LogP contribution is -2.28. The van der Waals surface area contributed by atoms with Crippen molar-refractivity contribution < 1.29 is 17.6 Å². The highest BCUT2D eigenvalue weighted by Gasteiger charge is 2.17. The van der Waals surface area contributed by atoms with Gasteiger partial charge < -0.3 is 5.32 Å². The standard InChI is InChI=1S/C18H20FNO3S/c1-13-3-9-17(10-4-13)24(22,23)12-11-18(21)20-14(2)15-5-7-16(19)8-6-15/h3-10,14H,11-12H2,1-2H3,(H,20,21)/t14-/m0/s1. The number of aryl methyl sites for hydroxylation is 1. The smallest absolute Gasteiger partial charge is 0.221 e. The highest BCUT2D eigenvalue weighted by Crippen LogP contribution is 2.15. The fourth-order valence-corrected chi connectivity index (χ4v) is 3.48. The van der Waals surface area contributed by atoms with Gasteiger partial charge in [-0.25, -0.2) is 12.8 Å². The second-order valence-corrected chi connectivity index (χ2v) is 7.83. The van der Waals surface area contributed by atoms with Gasteiger partial charge in [-0.15, -0.1) is 0 Å². The fourth-order valence-electron chi connectivity index (χ4n) is 2.24. The minimum Gasteiger partial charge on any atom is -0.350 e. The molecule has 0 unspecified atom stereocenters. The van der Waals surface area contributed by atoms with Crippen molar-refractivity contribution in [3.8, 4) is 0 Å². The minimum absolute atomic E-state index is 0.123. The molecule has 6 heteroatoms. The van der Waals surface area contributed by atoms with E-state index in [-0.39, 0.29) is 34.8 Å². The molecule has 0 aliphatic heterocycles. The topological polar surface area (TPSA) is 63.2 Å². The van der Waals surface area contributed by atoms with E-state index in [1.54, 1.807) is 43.3 Å². The maximum atomic E-state index is 12.9. The molecule has 0 heterocycles. The van der Waals surface area contributed by atoms with Crippen LogP contribution in [0.4, 0.5) is 4.39 Å². The van der Waals surface area contributed by atoms with Gasteiger partial charge in [0.05, 0.1) is 16.7 Å². The lowest BCUT2D eigenvalue weighted by atomic mass is 10.1. The molecule has 0 saturated heterocycles. The van der Waals surface area contributed by atoms with E-state index in [2.05, 4.69) is 5.32 Å². The van der Waals surface area contributed by atoms with Crippen LogP contribution in [0.2, 0.25) is 0 Å². The van der Waals surface area contributed by atoms with E-state index in [1.807, 2.05) is 6.92 Å². The second kappa shape index (κ2) is 7.57. The van der Waals surface area contributed by atoms with Crippen molar-refractivity contribution in [2.75, 3.05) is 5.75 Å². The number of hydrogen-bond donors (Lipinski definition) is 1. The van der Waals surface area contributed by atoms with E-state index in [1.165, 1.54) is 12.1 Å². The van der Waals surface area contributed by atoms with Gasteiger partial charge in [-0.2, -0.15) is 0 Å². The molecule has 2 aromatic carbocycles. The number of carbonyl (C=O) groups excluding carboxylic acids is 1. The SMILES string of the molecule is Cc1ccc(S(=O)(=O)CCC(=O)N[C@@H](C)c2ccc(F)cc2)cc1. The van der Waals surface area contributed by atoms with E-state index in [9.17, 15) is 17.6 Å². The third-order valence-electron chi connectivity index (χ3n) is 3.73. The lowest BCUT2D eigenvalue weighted by Gasteiger charge is -2.14. The first-order valence-electron chi connectivity index (χ1n) is 7.62. The Kier molecular flexibility index (Phi) is 5.72. The molecule has 0 spiro atoms. The third kappa shape index (κ3) is 4.89. The number of rotatable bonds is 6. The molecule has 0 radical (unpaired) electrons.